The molecule has 0 aromatic carbocycles. The first-order valence-electron chi connectivity index (χ1n) is 45.8. The van der Waals surface area contributed by atoms with Gasteiger partial charge in [0.15, 0.2) is 6.10 Å². The largest absolute Gasteiger partial charge is 0.472 e. The lowest BCUT2D eigenvalue weighted by molar-refractivity contribution is -0.161. The van der Waals surface area contributed by atoms with Crippen LogP contribution in [0.2, 0.25) is 0 Å². The van der Waals surface area contributed by atoms with E-state index < -0.39 is 91.5 Å². The zero-order valence-electron chi connectivity index (χ0n) is 72.0. The molecule has 4 N–H and O–H groups in total. The lowest BCUT2D eigenvalue weighted by Gasteiger charge is -2.21. The summed E-state index contributed by atoms with van der Waals surface area (Å²) in [4.78, 5) is 58.8. The number of hydrogen-bond acceptors (Lipinski definition) is 14. The molecule has 0 heterocycles. The first-order valence-corrected chi connectivity index (χ1v) is 48.8. The predicted molar refractivity (Wildman–Crippen MR) is 473 cm³/mol. The van der Waals surface area contributed by atoms with Crippen molar-refractivity contribution >= 4 is 33.6 Å². The number of ether oxygens (including phenoxy) is 3. The molecule has 0 aliphatic heterocycles. The third-order valence-corrected chi connectivity index (χ3v) is 21.6. The number of allylic oxidation sites excluding steroid dienone is 20. The molecule has 5 unspecified atom stereocenters. The highest BCUT2D eigenvalue weighted by Gasteiger charge is 2.29. The summed E-state index contributed by atoms with van der Waals surface area (Å²) in [6, 6.07) is 0. The molecule has 113 heavy (non-hydrogen) atoms. The fourth-order valence-electron chi connectivity index (χ4n) is 12.8. The van der Waals surface area contributed by atoms with E-state index in [1.165, 1.54) is 212 Å². The molecule has 18 heteroatoms. The van der Waals surface area contributed by atoms with Crippen molar-refractivity contribution in [3.8, 4) is 0 Å². The van der Waals surface area contributed by atoms with Crippen molar-refractivity contribution in [3.05, 3.63) is 122 Å². The Hall–Kier alpha value is -4.05. The van der Waals surface area contributed by atoms with Crippen LogP contribution in [0, 0.1) is 0 Å². The van der Waals surface area contributed by atoms with E-state index in [2.05, 4.69) is 142 Å². The van der Waals surface area contributed by atoms with Gasteiger partial charge in [0, 0.05) is 19.3 Å². The highest BCUT2D eigenvalue weighted by atomic mass is 31.2. The van der Waals surface area contributed by atoms with Crippen molar-refractivity contribution in [1.29, 1.82) is 0 Å². The number of rotatable bonds is 87. The lowest BCUT2D eigenvalue weighted by Crippen LogP contribution is -2.30. The number of carbonyl (C=O) groups is 3. The van der Waals surface area contributed by atoms with Gasteiger partial charge < -0.3 is 34.2 Å². The van der Waals surface area contributed by atoms with Crippen LogP contribution in [0.25, 0.3) is 0 Å². The number of hydrogen-bond donors (Lipinski definition) is 4. The van der Waals surface area contributed by atoms with Crippen molar-refractivity contribution in [3.63, 3.8) is 0 Å². The Kier molecular flexibility index (Phi) is 84.1. The molecule has 0 bridgehead atoms. The summed E-state index contributed by atoms with van der Waals surface area (Å²) < 4.78 is 61.4. The third kappa shape index (κ3) is 88.6. The van der Waals surface area contributed by atoms with Crippen molar-refractivity contribution < 1.29 is 75.8 Å². The summed E-state index contributed by atoms with van der Waals surface area (Å²) in [7, 11) is -9.79. The molecule has 0 aliphatic rings. The maximum atomic E-state index is 13.0. The van der Waals surface area contributed by atoms with E-state index in [1.807, 2.05) is 0 Å². The molecule has 0 aromatic rings. The van der Waals surface area contributed by atoms with Gasteiger partial charge >= 0.3 is 33.6 Å². The highest BCUT2D eigenvalue weighted by Crippen LogP contribution is 2.45. The van der Waals surface area contributed by atoms with Crippen LogP contribution in [-0.4, -0.2) is 95.9 Å². The first kappa shape index (κ1) is 109. The maximum absolute atomic E-state index is 13.0. The van der Waals surface area contributed by atoms with Gasteiger partial charge in [0.2, 0.25) is 0 Å². The molecule has 16 nitrogen and oxygen atoms in total. The highest BCUT2D eigenvalue weighted by molar-refractivity contribution is 7.47. The minimum atomic E-state index is -4.93. The van der Waals surface area contributed by atoms with E-state index in [1.54, 1.807) is 0 Å². The third-order valence-electron chi connectivity index (χ3n) is 19.7. The number of phosphoric acid groups is 2. The fraction of sp³-hybridized carbons (Fsp3) is 0.758. The van der Waals surface area contributed by atoms with Crippen molar-refractivity contribution in [1.82, 2.24) is 0 Å². The minimum Gasteiger partial charge on any atom is -0.463 e. The van der Waals surface area contributed by atoms with Gasteiger partial charge in [-0.3, -0.25) is 32.5 Å². The molecular formula is C95H168O16P2. The van der Waals surface area contributed by atoms with Gasteiger partial charge in [-0.2, -0.15) is 0 Å². The SMILES string of the molecule is CC/C=C\C/C=C\C/C=C\C/C=C\C/C=C\CCCCCCCCCCCCCCCCCCCCCC(=O)OCC(O)COP(=O)(O)OCC(O)COP(=O)(O)OCC(COC(=O)CCCCCCCCCCCCCCC/C=C\C/C=C\C/C=C\C/C=C\C/C=C\CC)OC(=O)CCCCCCCCCCCCCCC. The monoisotopic (exact) mass is 1630 g/mol. The molecule has 0 saturated heterocycles. The average Bonchev–Trinajstić information content (AvgIpc) is 0.903. The van der Waals surface area contributed by atoms with Gasteiger partial charge in [0.1, 0.15) is 25.4 Å². The number of carbonyl (C=O) groups excluding carboxylic acids is 3. The van der Waals surface area contributed by atoms with Crippen LogP contribution < -0.4 is 0 Å². The summed E-state index contributed by atoms with van der Waals surface area (Å²) >= 11 is 0. The van der Waals surface area contributed by atoms with Crippen LogP contribution >= 0.6 is 15.6 Å². The van der Waals surface area contributed by atoms with Crippen LogP contribution in [-0.2, 0) is 55.8 Å². The van der Waals surface area contributed by atoms with Crippen LogP contribution in [0.3, 0.4) is 0 Å². The Labute approximate surface area is 691 Å². The topological polar surface area (TPSA) is 231 Å². The van der Waals surface area contributed by atoms with Gasteiger partial charge in [0.05, 0.1) is 26.4 Å². The van der Waals surface area contributed by atoms with Crippen molar-refractivity contribution in [2.45, 2.75) is 424 Å². The van der Waals surface area contributed by atoms with E-state index in [0.29, 0.717) is 19.3 Å². The number of unbranched alkanes of at least 4 members (excludes halogenated alkanes) is 44. The quantitative estimate of drug-likeness (QED) is 0.0146. The predicted octanol–water partition coefficient (Wildman–Crippen LogP) is 28.0. The van der Waals surface area contributed by atoms with Gasteiger partial charge in [-0.1, -0.05) is 399 Å². The molecule has 0 saturated carbocycles. The van der Waals surface area contributed by atoms with E-state index in [-0.39, 0.29) is 19.3 Å². The number of esters is 3. The van der Waals surface area contributed by atoms with E-state index in [9.17, 15) is 43.5 Å². The second-order valence-electron chi connectivity index (χ2n) is 30.7. The fourth-order valence-corrected chi connectivity index (χ4v) is 14.4. The van der Waals surface area contributed by atoms with Crippen LogP contribution in [0.1, 0.15) is 406 Å². The normalized spacial score (nSPS) is 14.4. The molecule has 0 aromatic heterocycles. The number of aliphatic hydroxyl groups is 2. The lowest BCUT2D eigenvalue weighted by atomic mass is 10.0. The molecule has 0 rings (SSSR count). The van der Waals surface area contributed by atoms with Crippen molar-refractivity contribution in [2.75, 3.05) is 39.6 Å². The Balaban J connectivity index is 4.36. The molecule has 0 aliphatic carbocycles. The molecule has 0 spiro atoms. The number of aliphatic hydroxyl groups excluding tert-OH is 2. The van der Waals surface area contributed by atoms with Crippen LogP contribution in [0.5, 0.6) is 0 Å². The Morgan fingerprint density at radius 1 is 0.257 bits per heavy atom. The summed E-state index contributed by atoms with van der Waals surface area (Å²) in [5.41, 5.74) is 0. The first-order chi connectivity index (χ1) is 55.2. The second kappa shape index (κ2) is 87.3. The zero-order chi connectivity index (χ0) is 82.2. The molecule has 5 atom stereocenters. The maximum Gasteiger partial charge on any atom is 0.472 e. The zero-order valence-corrected chi connectivity index (χ0v) is 73.8. The van der Waals surface area contributed by atoms with Crippen LogP contribution in [0.15, 0.2) is 122 Å². The van der Waals surface area contributed by atoms with E-state index >= 15 is 0 Å². The minimum absolute atomic E-state index is 0.109. The summed E-state index contributed by atoms with van der Waals surface area (Å²) in [5.74, 6) is -1.55. The number of phosphoric ester groups is 2. The van der Waals surface area contributed by atoms with Gasteiger partial charge in [-0.15, -0.1) is 0 Å². The van der Waals surface area contributed by atoms with E-state index in [4.69, 9.17) is 32.3 Å². The van der Waals surface area contributed by atoms with Gasteiger partial charge in [-0.05, 0) is 109 Å². The van der Waals surface area contributed by atoms with Crippen molar-refractivity contribution in [2.24, 2.45) is 0 Å². The summed E-state index contributed by atoms with van der Waals surface area (Å²) in [6.07, 6.45) is 107. The second-order valence-corrected chi connectivity index (χ2v) is 33.6. The molecular weight excluding hydrogens is 1460 g/mol. The van der Waals surface area contributed by atoms with Gasteiger partial charge in [0.25, 0.3) is 0 Å². The van der Waals surface area contributed by atoms with E-state index in [0.717, 1.165) is 135 Å². The van der Waals surface area contributed by atoms with Gasteiger partial charge in [-0.25, -0.2) is 9.13 Å². The Bertz CT molecular complexity index is 2540. The molecule has 654 valence electrons. The Morgan fingerprint density at radius 2 is 0.469 bits per heavy atom. The summed E-state index contributed by atoms with van der Waals surface area (Å²) in [5, 5.41) is 20.7. The smallest absolute Gasteiger partial charge is 0.463 e. The molecule has 0 fully saturated rings. The molecule has 0 radical (unpaired) electrons. The van der Waals surface area contributed by atoms with Crippen LogP contribution in [0.4, 0.5) is 0 Å². The average molecular weight is 1630 g/mol. The summed E-state index contributed by atoms with van der Waals surface area (Å²) in [6.45, 7) is 2.52. The Morgan fingerprint density at radius 3 is 0.743 bits per heavy atom. The molecule has 0 amide bonds. The standard InChI is InChI=1S/C95H168O16P2/c1-4-7-10-13-16-19-22-25-27-29-31-33-35-37-39-41-42-43-44-45-46-48-50-51-53-55-57-59-61-64-66-69-72-75-78-81-93(98)105-84-90(96)85-107-112(101,102)108-86-91(97)87-109-113(103,104)110-89-92(111-95(100)83-80-77-74-71-68-63-24-21-18-15-12-9-6-3)88-106-94(99)82-79-76-73-70-67-65-62-60-58-56-54-52-49-47-40-38-36-34-32-30-28-26-23-20-17-14-11-8-5-2/h7-8,10-11,16-17,19-20,25-28,31-34,37-40,90-92,96-97H,4-6,9,12-15,18,21-24,29-30,35-36,41-89H2,1-3H3,(H,101,102)(H,103,104)/b10-7-,11-8-,19-16-,20-17-,27-25-,28-26-,33-31-,34-32-,39-37-,40-38-.